The summed E-state index contributed by atoms with van der Waals surface area (Å²) in [6.45, 7) is 2.13. The van der Waals surface area contributed by atoms with Crippen LogP contribution in [0.2, 0.25) is 5.15 Å². The molecule has 3 heteroatoms. The number of benzene rings is 2. The molecule has 0 aliphatic rings. The van der Waals surface area contributed by atoms with Crippen molar-refractivity contribution in [1.82, 2.24) is 9.97 Å². The Kier molecular flexibility index (Phi) is 3.18. The van der Waals surface area contributed by atoms with Gasteiger partial charge >= 0.3 is 0 Å². The largest absolute Gasteiger partial charge is 0.228 e. The molecule has 19 heavy (non-hydrogen) atoms. The Hall–Kier alpha value is -1.93. The summed E-state index contributed by atoms with van der Waals surface area (Å²) in [5.41, 5.74) is 3.16. The first-order valence-corrected chi connectivity index (χ1v) is 6.68. The molecule has 3 rings (SSSR count). The van der Waals surface area contributed by atoms with E-state index >= 15 is 0 Å². The number of halogens is 1. The van der Waals surface area contributed by atoms with E-state index in [0.717, 1.165) is 22.9 Å². The van der Waals surface area contributed by atoms with E-state index in [0.29, 0.717) is 11.0 Å². The van der Waals surface area contributed by atoms with Gasteiger partial charge in [-0.3, -0.25) is 0 Å². The summed E-state index contributed by atoms with van der Waals surface area (Å²) in [5, 5.41) is 1.40. The second-order valence-electron chi connectivity index (χ2n) is 4.37. The highest BCUT2D eigenvalue weighted by Gasteiger charge is 2.09. The zero-order valence-electron chi connectivity index (χ0n) is 10.6. The van der Waals surface area contributed by atoms with Crippen LogP contribution < -0.4 is 0 Å². The predicted octanol–water partition coefficient (Wildman–Crippen LogP) is 4.51. The molecule has 0 amide bonds. The highest BCUT2D eigenvalue weighted by molar-refractivity contribution is 6.34. The van der Waals surface area contributed by atoms with Gasteiger partial charge in [-0.25, -0.2) is 9.97 Å². The molecular weight excluding hydrogens is 256 g/mol. The molecule has 2 aromatic carbocycles. The molecule has 0 spiro atoms. The lowest BCUT2D eigenvalue weighted by Gasteiger charge is -2.08. The molecule has 0 N–H and O–H groups in total. The molecule has 0 unspecified atom stereocenters. The molecular formula is C16H13ClN2. The first kappa shape index (κ1) is 12.1. The second kappa shape index (κ2) is 4.98. The number of aromatic nitrogens is 2. The topological polar surface area (TPSA) is 25.8 Å². The Labute approximate surface area is 117 Å². The lowest BCUT2D eigenvalue weighted by Crippen LogP contribution is -1.95. The quantitative estimate of drug-likeness (QED) is 0.639. The van der Waals surface area contributed by atoms with Crippen molar-refractivity contribution in [2.75, 3.05) is 0 Å². The van der Waals surface area contributed by atoms with Gasteiger partial charge < -0.3 is 0 Å². The molecule has 2 nitrogen and oxygen atoms in total. The van der Waals surface area contributed by atoms with Crippen LogP contribution in [0.15, 0.2) is 48.5 Å². The predicted molar refractivity (Wildman–Crippen MR) is 79.4 cm³/mol. The van der Waals surface area contributed by atoms with Gasteiger partial charge in [0.25, 0.3) is 0 Å². The number of hydrogen-bond donors (Lipinski definition) is 0. The van der Waals surface area contributed by atoms with Crippen molar-refractivity contribution in [3.05, 3.63) is 59.2 Å². The van der Waals surface area contributed by atoms with E-state index in [9.17, 15) is 0 Å². The average molecular weight is 269 g/mol. The van der Waals surface area contributed by atoms with E-state index in [1.165, 1.54) is 5.56 Å². The maximum atomic E-state index is 6.26. The molecule has 0 radical (unpaired) electrons. The summed E-state index contributed by atoms with van der Waals surface area (Å²) in [6.07, 6.45) is 0.948. The minimum atomic E-state index is 0.506. The highest BCUT2D eigenvalue weighted by atomic mass is 35.5. The summed E-state index contributed by atoms with van der Waals surface area (Å²) in [7, 11) is 0. The van der Waals surface area contributed by atoms with E-state index in [1.54, 1.807) is 0 Å². The lowest BCUT2D eigenvalue weighted by molar-refractivity contribution is 1.12. The van der Waals surface area contributed by atoms with Gasteiger partial charge in [-0.05, 0) is 24.1 Å². The van der Waals surface area contributed by atoms with Gasteiger partial charge in [-0.2, -0.15) is 0 Å². The van der Waals surface area contributed by atoms with Crippen molar-refractivity contribution in [2.45, 2.75) is 13.3 Å². The number of nitrogens with zero attached hydrogens (tertiary/aromatic N) is 2. The maximum Gasteiger partial charge on any atom is 0.161 e. The van der Waals surface area contributed by atoms with Crippen LogP contribution in [0, 0.1) is 0 Å². The second-order valence-corrected chi connectivity index (χ2v) is 4.72. The summed E-state index contributed by atoms with van der Waals surface area (Å²) < 4.78 is 0. The Morgan fingerprint density at radius 2 is 1.68 bits per heavy atom. The van der Waals surface area contributed by atoms with E-state index in [1.807, 2.05) is 42.5 Å². The van der Waals surface area contributed by atoms with Crippen LogP contribution in [0.4, 0.5) is 0 Å². The number of fused-ring (bicyclic) bond motifs is 1. The molecule has 0 saturated carbocycles. The van der Waals surface area contributed by atoms with Gasteiger partial charge in [0, 0.05) is 10.9 Å². The van der Waals surface area contributed by atoms with Crippen LogP contribution in [0.1, 0.15) is 12.5 Å². The molecule has 0 atom stereocenters. The third-order valence-corrected chi connectivity index (χ3v) is 3.48. The van der Waals surface area contributed by atoms with Gasteiger partial charge in [0.15, 0.2) is 5.82 Å². The van der Waals surface area contributed by atoms with Gasteiger partial charge in [0.05, 0.1) is 5.52 Å². The molecule has 0 fully saturated rings. The van der Waals surface area contributed by atoms with Crippen LogP contribution in [-0.4, -0.2) is 9.97 Å². The van der Waals surface area contributed by atoms with Crippen molar-refractivity contribution < 1.29 is 0 Å². The fourth-order valence-corrected chi connectivity index (χ4v) is 2.44. The summed E-state index contributed by atoms with van der Waals surface area (Å²) >= 11 is 6.26. The Morgan fingerprint density at radius 3 is 2.53 bits per heavy atom. The Morgan fingerprint density at radius 1 is 0.947 bits per heavy atom. The average Bonchev–Trinajstić information content (AvgIpc) is 2.47. The van der Waals surface area contributed by atoms with Crippen LogP contribution in [0.25, 0.3) is 22.3 Å². The van der Waals surface area contributed by atoms with Gasteiger partial charge in [0.2, 0.25) is 0 Å². The SMILES string of the molecule is CCc1ccccc1-c1nc(Cl)c2ccccc2n1. The third kappa shape index (κ3) is 2.20. The van der Waals surface area contributed by atoms with E-state index < -0.39 is 0 Å². The summed E-state index contributed by atoms with van der Waals surface area (Å²) in [6, 6.07) is 16.0. The first-order chi connectivity index (χ1) is 9.29. The lowest BCUT2D eigenvalue weighted by atomic mass is 10.0. The molecule has 0 aliphatic heterocycles. The number of hydrogen-bond acceptors (Lipinski definition) is 2. The van der Waals surface area contributed by atoms with Crippen molar-refractivity contribution in [2.24, 2.45) is 0 Å². The van der Waals surface area contributed by atoms with Crippen molar-refractivity contribution in [3.63, 3.8) is 0 Å². The zero-order chi connectivity index (χ0) is 13.2. The molecule has 0 saturated heterocycles. The van der Waals surface area contributed by atoms with E-state index in [4.69, 9.17) is 11.6 Å². The minimum absolute atomic E-state index is 0.506. The molecule has 1 heterocycles. The van der Waals surface area contributed by atoms with Crippen LogP contribution >= 0.6 is 11.6 Å². The van der Waals surface area contributed by atoms with E-state index in [2.05, 4.69) is 23.0 Å². The fourth-order valence-electron chi connectivity index (χ4n) is 2.21. The summed E-state index contributed by atoms with van der Waals surface area (Å²) in [4.78, 5) is 9.05. The molecule has 1 aromatic heterocycles. The highest BCUT2D eigenvalue weighted by Crippen LogP contribution is 2.26. The van der Waals surface area contributed by atoms with Gasteiger partial charge in [-0.15, -0.1) is 0 Å². The summed E-state index contributed by atoms with van der Waals surface area (Å²) in [5.74, 6) is 0.696. The molecule has 3 aromatic rings. The van der Waals surface area contributed by atoms with Crippen molar-refractivity contribution in [1.29, 1.82) is 0 Å². The van der Waals surface area contributed by atoms with Crippen molar-refractivity contribution >= 4 is 22.5 Å². The van der Waals surface area contributed by atoms with E-state index in [-0.39, 0.29) is 0 Å². The van der Waals surface area contributed by atoms with Gasteiger partial charge in [-0.1, -0.05) is 54.9 Å². The number of rotatable bonds is 2. The van der Waals surface area contributed by atoms with Gasteiger partial charge in [0.1, 0.15) is 5.15 Å². The Bertz CT molecular complexity index is 738. The number of aryl methyl sites for hydroxylation is 1. The third-order valence-electron chi connectivity index (χ3n) is 3.20. The minimum Gasteiger partial charge on any atom is -0.228 e. The molecule has 94 valence electrons. The zero-order valence-corrected chi connectivity index (χ0v) is 11.4. The van der Waals surface area contributed by atoms with Crippen LogP contribution in [0.3, 0.4) is 0 Å². The fraction of sp³-hybridized carbons (Fsp3) is 0.125. The Balaban J connectivity index is 2.26. The normalized spacial score (nSPS) is 10.8. The standard InChI is InChI=1S/C16H13ClN2/c1-2-11-7-3-4-8-12(11)16-18-14-10-6-5-9-13(14)15(17)19-16/h3-10H,2H2,1H3. The maximum absolute atomic E-state index is 6.26. The smallest absolute Gasteiger partial charge is 0.161 e. The molecule has 0 aliphatic carbocycles. The van der Waals surface area contributed by atoms with Crippen molar-refractivity contribution in [3.8, 4) is 11.4 Å². The first-order valence-electron chi connectivity index (χ1n) is 6.30. The number of para-hydroxylation sites is 1. The van der Waals surface area contributed by atoms with Crippen LogP contribution in [0.5, 0.6) is 0 Å². The monoisotopic (exact) mass is 268 g/mol. The molecule has 0 bridgehead atoms. The van der Waals surface area contributed by atoms with Crippen LogP contribution in [-0.2, 0) is 6.42 Å².